The molecule has 4 rings (SSSR count). The number of aromatic nitrogens is 2. The normalized spacial score (nSPS) is 20.4. The molecule has 20 heavy (non-hydrogen) atoms. The molecule has 1 aromatic carbocycles. The van der Waals surface area contributed by atoms with Crippen molar-refractivity contribution < 1.29 is 4.52 Å². The molecule has 0 unspecified atom stereocenters. The van der Waals surface area contributed by atoms with Crippen LogP contribution in [0.2, 0.25) is 0 Å². The second-order valence-corrected chi connectivity index (χ2v) is 6.05. The van der Waals surface area contributed by atoms with Gasteiger partial charge in [-0.25, -0.2) is 0 Å². The molecule has 0 atom stereocenters. The second-order valence-electron chi connectivity index (χ2n) is 6.05. The summed E-state index contributed by atoms with van der Waals surface area (Å²) in [6.07, 6.45) is 1.25. The van der Waals surface area contributed by atoms with Crippen molar-refractivity contribution in [3.63, 3.8) is 0 Å². The number of nitrogens with zero attached hydrogens (tertiary/aromatic N) is 3. The molecule has 0 bridgehead atoms. The van der Waals surface area contributed by atoms with Gasteiger partial charge < -0.3 is 14.7 Å². The smallest absolute Gasteiger partial charge is 0.323 e. The molecule has 3 heterocycles. The Morgan fingerprint density at radius 3 is 2.75 bits per heavy atom. The van der Waals surface area contributed by atoms with Gasteiger partial charge in [0.1, 0.15) is 0 Å². The Morgan fingerprint density at radius 1 is 1.25 bits per heavy atom. The fraction of sp³-hybridized carbons (Fsp3) is 0.467. The summed E-state index contributed by atoms with van der Waals surface area (Å²) in [4.78, 5) is 6.69. The molecular weight excluding hydrogens is 252 g/mol. The van der Waals surface area contributed by atoms with Crippen LogP contribution in [0.5, 0.6) is 0 Å². The largest absolute Gasteiger partial charge is 0.324 e. The molecule has 5 heteroatoms. The van der Waals surface area contributed by atoms with E-state index in [4.69, 9.17) is 4.52 Å². The molecule has 2 aliphatic rings. The molecule has 1 N–H and O–H groups in total. The predicted molar refractivity (Wildman–Crippen MR) is 76.6 cm³/mol. The highest BCUT2D eigenvalue weighted by Crippen LogP contribution is 2.38. The van der Waals surface area contributed by atoms with Crippen molar-refractivity contribution in [3.05, 3.63) is 29.8 Å². The van der Waals surface area contributed by atoms with E-state index in [0.717, 1.165) is 31.7 Å². The first-order valence-corrected chi connectivity index (χ1v) is 7.11. The average Bonchev–Trinajstić information content (AvgIpc) is 3.07. The van der Waals surface area contributed by atoms with Crippen molar-refractivity contribution in [2.45, 2.75) is 13.3 Å². The highest BCUT2D eigenvalue weighted by Gasteiger charge is 2.46. The van der Waals surface area contributed by atoms with Crippen molar-refractivity contribution in [3.8, 4) is 11.4 Å². The van der Waals surface area contributed by atoms with Crippen LogP contribution in [0, 0.1) is 12.3 Å². The molecule has 0 amide bonds. The van der Waals surface area contributed by atoms with Crippen LogP contribution in [-0.4, -0.2) is 36.3 Å². The van der Waals surface area contributed by atoms with E-state index in [1.807, 2.05) is 12.1 Å². The van der Waals surface area contributed by atoms with Crippen molar-refractivity contribution in [2.75, 3.05) is 31.1 Å². The second kappa shape index (κ2) is 4.31. The van der Waals surface area contributed by atoms with Gasteiger partial charge in [-0.3, -0.25) is 0 Å². The van der Waals surface area contributed by atoms with Crippen LogP contribution in [0.4, 0.5) is 6.01 Å². The summed E-state index contributed by atoms with van der Waals surface area (Å²) >= 11 is 0. The van der Waals surface area contributed by atoms with Gasteiger partial charge in [0.15, 0.2) is 0 Å². The molecule has 1 aromatic heterocycles. The lowest BCUT2D eigenvalue weighted by Crippen LogP contribution is -2.57. The third-order valence-corrected chi connectivity index (χ3v) is 4.38. The first-order valence-electron chi connectivity index (χ1n) is 7.11. The van der Waals surface area contributed by atoms with Gasteiger partial charge >= 0.3 is 6.01 Å². The first kappa shape index (κ1) is 11.9. The van der Waals surface area contributed by atoms with Crippen molar-refractivity contribution in [1.82, 2.24) is 15.5 Å². The Bertz CT molecular complexity index is 605. The van der Waals surface area contributed by atoms with Crippen LogP contribution in [0.1, 0.15) is 12.0 Å². The molecular formula is C15H18N4O. The van der Waals surface area contributed by atoms with Crippen LogP contribution < -0.4 is 10.2 Å². The summed E-state index contributed by atoms with van der Waals surface area (Å²) in [5.74, 6) is 0.672. The van der Waals surface area contributed by atoms with Gasteiger partial charge in [-0.05, 0) is 19.9 Å². The molecule has 5 nitrogen and oxygen atoms in total. The van der Waals surface area contributed by atoms with Gasteiger partial charge in [0, 0.05) is 30.6 Å². The number of hydrogen-bond donors (Lipinski definition) is 1. The zero-order valence-electron chi connectivity index (χ0n) is 11.6. The maximum absolute atomic E-state index is 5.40. The minimum Gasteiger partial charge on any atom is -0.323 e. The summed E-state index contributed by atoms with van der Waals surface area (Å²) in [6, 6.07) is 8.84. The summed E-state index contributed by atoms with van der Waals surface area (Å²) in [5, 5.41) is 7.52. The quantitative estimate of drug-likeness (QED) is 0.902. The molecule has 2 aromatic rings. The molecule has 104 valence electrons. The minimum atomic E-state index is 0.443. The highest BCUT2D eigenvalue weighted by atomic mass is 16.5. The number of rotatable bonds is 2. The van der Waals surface area contributed by atoms with Gasteiger partial charge in [0.05, 0.1) is 0 Å². The molecule has 2 saturated heterocycles. The summed E-state index contributed by atoms with van der Waals surface area (Å²) in [5.41, 5.74) is 2.68. The maximum Gasteiger partial charge on any atom is 0.324 e. The Hall–Kier alpha value is -1.88. The Labute approximate surface area is 118 Å². The summed E-state index contributed by atoms with van der Waals surface area (Å²) in [6.45, 7) is 6.36. The van der Waals surface area contributed by atoms with Crippen LogP contribution in [0.25, 0.3) is 11.4 Å². The van der Waals surface area contributed by atoms with Crippen LogP contribution in [0.15, 0.2) is 28.8 Å². The van der Waals surface area contributed by atoms with Gasteiger partial charge in [0.25, 0.3) is 0 Å². The van der Waals surface area contributed by atoms with Crippen LogP contribution in [-0.2, 0) is 0 Å². The highest BCUT2D eigenvalue weighted by molar-refractivity contribution is 5.56. The average molecular weight is 270 g/mol. The van der Waals surface area contributed by atoms with E-state index < -0.39 is 0 Å². The molecule has 1 spiro atoms. The van der Waals surface area contributed by atoms with Gasteiger partial charge in [-0.2, -0.15) is 4.98 Å². The fourth-order valence-corrected chi connectivity index (χ4v) is 3.13. The summed E-state index contributed by atoms with van der Waals surface area (Å²) < 4.78 is 5.40. The number of benzene rings is 1. The van der Waals surface area contributed by atoms with Gasteiger partial charge in [0.2, 0.25) is 5.82 Å². The van der Waals surface area contributed by atoms with Gasteiger partial charge in [-0.15, -0.1) is 0 Å². The van der Waals surface area contributed by atoms with Crippen LogP contribution >= 0.6 is 0 Å². The van der Waals surface area contributed by atoms with Crippen molar-refractivity contribution in [2.24, 2.45) is 5.41 Å². The molecule has 2 fully saturated rings. The fourth-order valence-electron chi connectivity index (χ4n) is 3.13. The van der Waals surface area contributed by atoms with E-state index in [1.165, 1.54) is 12.0 Å². The lowest BCUT2D eigenvalue weighted by atomic mass is 9.79. The van der Waals surface area contributed by atoms with Gasteiger partial charge in [-0.1, -0.05) is 35.0 Å². The number of anilines is 1. The van der Waals surface area contributed by atoms with Crippen molar-refractivity contribution >= 4 is 6.01 Å². The molecule has 2 aliphatic heterocycles. The maximum atomic E-state index is 5.40. The standard InChI is InChI=1S/C15H18N4O/c1-11-2-4-12(5-3-11)13-17-14(20-18-13)19-9-15(10-19)6-7-16-8-15/h2-5,16H,6-10H2,1H3. The molecule has 0 saturated carbocycles. The van der Waals surface area contributed by atoms with E-state index in [9.17, 15) is 0 Å². The Morgan fingerprint density at radius 2 is 2.05 bits per heavy atom. The van der Waals surface area contributed by atoms with E-state index >= 15 is 0 Å². The summed E-state index contributed by atoms with van der Waals surface area (Å²) in [7, 11) is 0. The van der Waals surface area contributed by atoms with E-state index in [-0.39, 0.29) is 0 Å². The topological polar surface area (TPSA) is 54.2 Å². The number of aryl methyl sites for hydroxylation is 1. The third kappa shape index (κ3) is 1.89. The van der Waals surface area contributed by atoms with E-state index in [2.05, 4.69) is 39.4 Å². The Kier molecular flexibility index (Phi) is 2.57. The Balaban J connectivity index is 1.50. The van der Waals surface area contributed by atoms with Crippen LogP contribution in [0.3, 0.4) is 0 Å². The monoisotopic (exact) mass is 270 g/mol. The third-order valence-electron chi connectivity index (χ3n) is 4.38. The predicted octanol–water partition coefficient (Wildman–Crippen LogP) is 1.84. The molecule has 0 radical (unpaired) electrons. The zero-order chi connectivity index (χ0) is 13.6. The zero-order valence-corrected chi connectivity index (χ0v) is 11.6. The van der Waals surface area contributed by atoms with E-state index in [1.54, 1.807) is 0 Å². The van der Waals surface area contributed by atoms with Crippen molar-refractivity contribution in [1.29, 1.82) is 0 Å². The lowest BCUT2D eigenvalue weighted by molar-refractivity contribution is 0.224. The van der Waals surface area contributed by atoms with E-state index in [0.29, 0.717) is 17.3 Å². The first-order chi connectivity index (χ1) is 9.74. The minimum absolute atomic E-state index is 0.443. The SMILES string of the molecule is Cc1ccc(-c2noc(N3CC4(CCNC4)C3)n2)cc1. The number of hydrogen-bond acceptors (Lipinski definition) is 5. The molecule has 0 aliphatic carbocycles. The lowest BCUT2D eigenvalue weighted by Gasteiger charge is -2.46. The number of nitrogens with one attached hydrogen (secondary N) is 1.